The monoisotopic (exact) mass is 235 g/mol. The molecule has 0 saturated heterocycles. The minimum atomic E-state index is -1.10. The van der Waals surface area contributed by atoms with E-state index >= 15 is 0 Å². The van der Waals surface area contributed by atoms with Crippen molar-refractivity contribution >= 4 is 11.9 Å². The maximum absolute atomic E-state index is 11.1. The van der Waals surface area contributed by atoms with Crippen LogP contribution >= 0.6 is 0 Å². The molecule has 8 heteroatoms. The summed E-state index contributed by atoms with van der Waals surface area (Å²) in [6.45, 7) is 0.212. The first-order chi connectivity index (χ1) is 7.61. The van der Waals surface area contributed by atoms with E-state index < -0.39 is 18.0 Å². The Morgan fingerprint density at radius 3 is 2.69 bits per heavy atom. The fourth-order valence-corrected chi connectivity index (χ4v) is 0.738. The number of carbonyl (C=O) groups excluding carboxylic acids is 2. The molecule has 0 aliphatic carbocycles. The number of nitrogens with one attached hydrogen (secondary N) is 1. The molecular weight excluding hydrogens is 218 g/mol. The van der Waals surface area contributed by atoms with Gasteiger partial charge in [-0.05, 0) is 0 Å². The van der Waals surface area contributed by atoms with E-state index in [0.29, 0.717) is 13.1 Å². The number of hydrogen-bond acceptors (Lipinski definition) is 8. The third kappa shape index (κ3) is 7.12. The summed E-state index contributed by atoms with van der Waals surface area (Å²) in [6.07, 6.45) is -0.302. The zero-order chi connectivity index (χ0) is 12.4. The van der Waals surface area contributed by atoms with Crippen molar-refractivity contribution in [1.82, 2.24) is 5.48 Å². The number of rotatable bonds is 8. The van der Waals surface area contributed by atoms with Gasteiger partial charge in [-0.2, -0.15) is 5.48 Å². The molecule has 0 rings (SSSR count). The van der Waals surface area contributed by atoms with Gasteiger partial charge in [0.05, 0.1) is 13.0 Å². The smallest absolute Gasteiger partial charge is 0.342 e. The van der Waals surface area contributed by atoms with Gasteiger partial charge in [0, 0.05) is 13.1 Å². The van der Waals surface area contributed by atoms with Gasteiger partial charge in [0.15, 0.2) is 0 Å². The van der Waals surface area contributed by atoms with E-state index in [9.17, 15) is 9.59 Å². The molecule has 0 aliphatic rings. The number of carbonyl (C=O) groups is 2. The highest BCUT2D eigenvalue weighted by Gasteiger charge is 2.19. The largest absolute Gasteiger partial charge is 0.463 e. The van der Waals surface area contributed by atoms with Crippen molar-refractivity contribution in [2.24, 2.45) is 11.5 Å². The van der Waals surface area contributed by atoms with E-state index in [-0.39, 0.29) is 19.6 Å². The van der Waals surface area contributed by atoms with Crippen LogP contribution in [0.1, 0.15) is 6.42 Å². The minimum absolute atomic E-state index is 0.119. The highest BCUT2D eigenvalue weighted by Crippen LogP contribution is 1.94. The summed E-state index contributed by atoms with van der Waals surface area (Å²) < 4.78 is 4.52. The summed E-state index contributed by atoms with van der Waals surface area (Å²) in [5, 5.41) is 8.38. The lowest BCUT2D eigenvalue weighted by Gasteiger charge is -2.10. The van der Waals surface area contributed by atoms with E-state index in [0.717, 1.165) is 0 Å². The standard InChI is InChI=1S/C8H17N3O5/c9-1-2-11-16-8(14)6(10)5-7(13)15-4-3-12/h6,11-12H,1-5,9-10H2/t6-/m0/s1. The average molecular weight is 235 g/mol. The molecule has 0 fully saturated rings. The van der Waals surface area contributed by atoms with Crippen LogP contribution in [0.25, 0.3) is 0 Å². The third-order valence-electron chi connectivity index (χ3n) is 1.46. The Morgan fingerprint density at radius 1 is 1.44 bits per heavy atom. The minimum Gasteiger partial charge on any atom is -0.463 e. The lowest BCUT2D eigenvalue weighted by atomic mass is 10.2. The summed E-state index contributed by atoms with van der Waals surface area (Å²) in [5.74, 6) is -1.44. The normalized spacial score (nSPS) is 11.9. The molecule has 0 saturated carbocycles. The first kappa shape index (κ1) is 14.8. The molecule has 1 atom stereocenters. The van der Waals surface area contributed by atoms with Gasteiger partial charge < -0.3 is 26.1 Å². The van der Waals surface area contributed by atoms with Gasteiger partial charge in [-0.3, -0.25) is 4.79 Å². The van der Waals surface area contributed by atoms with E-state index in [2.05, 4.69) is 15.1 Å². The molecule has 0 heterocycles. The molecule has 0 aromatic heterocycles. The van der Waals surface area contributed by atoms with Gasteiger partial charge in [0.25, 0.3) is 0 Å². The van der Waals surface area contributed by atoms with Crippen molar-refractivity contribution in [2.45, 2.75) is 12.5 Å². The first-order valence-corrected chi connectivity index (χ1v) is 4.77. The van der Waals surface area contributed by atoms with Crippen LogP contribution in [-0.4, -0.2) is 49.4 Å². The Morgan fingerprint density at radius 2 is 2.12 bits per heavy atom. The fraction of sp³-hybridized carbons (Fsp3) is 0.750. The Kier molecular flexibility index (Phi) is 8.35. The Bertz CT molecular complexity index is 224. The Balaban J connectivity index is 3.73. The molecule has 0 aromatic carbocycles. The maximum atomic E-state index is 11.1. The van der Waals surface area contributed by atoms with Gasteiger partial charge in [-0.1, -0.05) is 0 Å². The highest BCUT2D eigenvalue weighted by molar-refractivity contribution is 5.82. The second-order valence-electron chi connectivity index (χ2n) is 2.86. The number of nitrogens with two attached hydrogens (primary N) is 2. The molecule has 0 unspecified atom stereocenters. The van der Waals surface area contributed by atoms with Crippen molar-refractivity contribution < 1.29 is 24.3 Å². The molecule has 0 radical (unpaired) electrons. The molecular formula is C8H17N3O5. The van der Waals surface area contributed by atoms with Gasteiger partial charge in [0.1, 0.15) is 12.6 Å². The lowest BCUT2D eigenvalue weighted by molar-refractivity contribution is -0.157. The van der Waals surface area contributed by atoms with Crippen molar-refractivity contribution in [1.29, 1.82) is 0 Å². The summed E-state index contributed by atoms with van der Waals surface area (Å²) >= 11 is 0. The van der Waals surface area contributed by atoms with Crippen LogP contribution < -0.4 is 16.9 Å². The third-order valence-corrected chi connectivity index (χ3v) is 1.46. The topological polar surface area (TPSA) is 137 Å². The molecule has 0 amide bonds. The molecule has 6 N–H and O–H groups in total. The summed E-state index contributed by atoms with van der Waals surface area (Å²) in [7, 11) is 0. The van der Waals surface area contributed by atoms with Gasteiger partial charge in [-0.15, -0.1) is 0 Å². The van der Waals surface area contributed by atoms with E-state index in [4.69, 9.17) is 16.6 Å². The molecule has 16 heavy (non-hydrogen) atoms. The van der Waals surface area contributed by atoms with E-state index in [1.807, 2.05) is 0 Å². The molecule has 0 spiro atoms. The maximum Gasteiger partial charge on any atom is 0.342 e. The summed E-state index contributed by atoms with van der Waals surface area (Å²) in [6, 6.07) is -1.10. The highest BCUT2D eigenvalue weighted by atomic mass is 16.7. The Hall–Kier alpha value is -1.22. The van der Waals surface area contributed by atoms with Gasteiger partial charge in [0.2, 0.25) is 0 Å². The predicted molar refractivity (Wildman–Crippen MR) is 53.8 cm³/mol. The number of aliphatic hydroxyl groups excluding tert-OH is 1. The number of hydroxylamine groups is 1. The number of esters is 1. The second kappa shape index (κ2) is 9.04. The van der Waals surface area contributed by atoms with Crippen LogP contribution in [0, 0.1) is 0 Å². The van der Waals surface area contributed by atoms with E-state index in [1.165, 1.54) is 0 Å². The fourth-order valence-electron chi connectivity index (χ4n) is 0.738. The lowest BCUT2D eigenvalue weighted by Crippen LogP contribution is -2.39. The SMILES string of the molecule is NCCNOC(=O)[C@@H](N)CC(=O)OCCO. The van der Waals surface area contributed by atoms with Crippen LogP contribution in [0.5, 0.6) is 0 Å². The molecule has 0 aliphatic heterocycles. The second-order valence-corrected chi connectivity index (χ2v) is 2.86. The van der Waals surface area contributed by atoms with Crippen molar-refractivity contribution in [3.63, 3.8) is 0 Å². The molecule has 0 aromatic rings. The van der Waals surface area contributed by atoms with Crippen molar-refractivity contribution in [2.75, 3.05) is 26.3 Å². The predicted octanol–water partition coefficient (Wildman–Crippen LogP) is -2.75. The summed E-state index contributed by atoms with van der Waals surface area (Å²) in [4.78, 5) is 26.6. The zero-order valence-electron chi connectivity index (χ0n) is 8.85. The zero-order valence-corrected chi connectivity index (χ0v) is 8.85. The summed E-state index contributed by atoms with van der Waals surface area (Å²) in [5.41, 5.74) is 12.8. The van der Waals surface area contributed by atoms with Crippen LogP contribution in [0.2, 0.25) is 0 Å². The van der Waals surface area contributed by atoms with Crippen LogP contribution in [0.15, 0.2) is 0 Å². The molecule has 94 valence electrons. The molecule has 8 nitrogen and oxygen atoms in total. The first-order valence-electron chi connectivity index (χ1n) is 4.77. The van der Waals surface area contributed by atoms with Crippen molar-refractivity contribution in [3.8, 4) is 0 Å². The molecule has 0 bridgehead atoms. The van der Waals surface area contributed by atoms with Crippen LogP contribution in [0.4, 0.5) is 0 Å². The van der Waals surface area contributed by atoms with Gasteiger partial charge >= 0.3 is 11.9 Å². The number of hydrogen-bond donors (Lipinski definition) is 4. The number of ether oxygens (including phenoxy) is 1. The van der Waals surface area contributed by atoms with Crippen LogP contribution in [-0.2, 0) is 19.2 Å². The number of aliphatic hydroxyl groups is 1. The van der Waals surface area contributed by atoms with E-state index in [1.54, 1.807) is 0 Å². The van der Waals surface area contributed by atoms with Crippen molar-refractivity contribution in [3.05, 3.63) is 0 Å². The quantitative estimate of drug-likeness (QED) is 0.202. The Labute approximate surface area is 92.8 Å². The average Bonchev–Trinajstić information content (AvgIpc) is 2.26. The van der Waals surface area contributed by atoms with Gasteiger partial charge in [-0.25, -0.2) is 4.79 Å². The van der Waals surface area contributed by atoms with Crippen LogP contribution in [0.3, 0.4) is 0 Å².